The molecule has 2 N–H and O–H groups in total. The maximum atomic E-state index is 13.9. The van der Waals surface area contributed by atoms with Crippen molar-refractivity contribution in [2.75, 3.05) is 0 Å². The van der Waals surface area contributed by atoms with Crippen LogP contribution in [0.2, 0.25) is 0 Å². The number of nitrogens with one attached hydrogen (secondary N) is 1. The standard InChI is InChI=1S/C18H17FN2O2/c1-10-3-5-12(6-4-10)18(23)21-20-14-9-11(2)16-13(19)7-8-15(22)17(14)16/h3-8,11,22H,9H2,1-2H3,(H,21,23)/b20-14+/t11-/m0/s1. The Balaban J connectivity index is 1.87. The molecule has 0 unspecified atom stereocenters. The minimum atomic E-state index is -0.361. The molecule has 1 aliphatic carbocycles. The molecule has 0 bridgehead atoms. The molecule has 0 heterocycles. The normalized spacial score (nSPS) is 18.0. The Bertz CT molecular complexity index is 797. The van der Waals surface area contributed by atoms with Crippen LogP contribution in [0.15, 0.2) is 41.5 Å². The van der Waals surface area contributed by atoms with Gasteiger partial charge in [-0.3, -0.25) is 4.79 Å². The van der Waals surface area contributed by atoms with Crippen molar-refractivity contribution >= 4 is 11.6 Å². The van der Waals surface area contributed by atoms with Crippen LogP contribution in [0, 0.1) is 12.7 Å². The number of carbonyl (C=O) groups excluding carboxylic acids is 1. The van der Waals surface area contributed by atoms with Gasteiger partial charge in [0.15, 0.2) is 0 Å². The topological polar surface area (TPSA) is 61.7 Å². The molecule has 0 saturated carbocycles. The van der Waals surface area contributed by atoms with Gasteiger partial charge in [0.25, 0.3) is 5.91 Å². The maximum Gasteiger partial charge on any atom is 0.271 e. The van der Waals surface area contributed by atoms with Crippen LogP contribution in [-0.4, -0.2) is 16.7 Å². The molecule has 1 amide bonds. The minimum Gasteiger partial charge on any atom is -0.507 e. The molecule has 0 saturated heterocycles. The predicted molar refractivity (Wildman–Crippen MR) is 86.3 cm³/mol. The summed E-state index contributed by atoms with van der Waals surface area (Å²) in [5.74, 6) is -0.809. The summed E-state index contributed by atoms with van der Waals surface area (Å²) in [4.78, 5) is 12.1. The molecule has 2 aromatic rings. The highest BCUT2D eigenvalue weighted by molar-refractivity contribution is 6.08. The lowest BCUT2D eigenvalue weighted by Crippen LogP contribution is -2.19. The van der Waals surface area contributed by atoms with Crippen LogP contribution in [0.4, 0.5) is 4.39 Å². The van der Waals surface area contributed by atoms with Crippen molar-refractivity contribution in [1.29, 1.82) is 0 Å². The van der Waals surface area contributed by atoms with Gasteiger partial charge in [-0.25, -0.2) is 9.82 Å². The van der Waals surface area contributed by atoms with Crippen LogP contribution in [0.3, 0.4) is 0 Å². The Morgan fingerprint density at radius 2 is 1.96 bits per heavy atom. The van der Waals surface area contributed by atoms with E-state index in [4.69, 9.17) is 0 Å². The molecule has 118 valence electrons. The average molecular weight is 312 g/mol. The smallest absolute Gasteiger partial charge is 0.271 e. The van der Waals surface area contributed by atoms with Gasteiger partial charge < -0.3 is 5.11 Å². The molecule has 2 aromatic carbocycles. The molecule has 1 atom stereocenters. The number of hydrazone groups is 1. The highest BCUT2D eigenvalue weighted by Crippen LogP contribution is 2.39. The highest BCUT2D eigenvalue weighted by atomic mass is 19.1. The number of hydrogen-bond donors (Lipinski definition) is 2. The number of nitrogens with zero attached hydrogens (tertiary/aromatic N) is 1. The lowest BCUT2D eigenvalue weighted by atomic mass is 10.0. The van der Waals surface area contributed by atoms with Crippen LogP contribution in [0.1, 0.15) is 46.3 Å². The van der Waals surface area contributed by atoms with E-state index in [0.717, 1.165) is 5.56 Å². The molecule has 0 fully saturated rings. The second-order valence-corrected chi connectivity index (χ2v) is 5.83. The number of hydrogen-bond acceptors (Lipinski definition) is 3. The van der Waals surface area contributed by atoms with Gasteiger partial charge in [0, 0.05) is 16.7 Å². The molecular formula is C18H17FN2O2. The summed E-state index contributed by atoms with van der Waals surface area (Å²) in [6.45, 7) is 3.81. The molecular weight excluding hydrogens is 295 g/mol. The van der Waals surface area contributed by atoms with Gasteiger partial charge in [0.05, 0.1) is 5.71 Å². The number of halogens is 1. The number of rotatable bonds is 2. The molecule has 3 rings (SSSR count). The SMILES string of the molecule is Cc1ccc(C(=O)N/N=C2\C[C@H](C)c3c(F)ccc(O)c32)cc1. The molecule has 0 aliphatic heterocycles. The third-order valence-electron chi connectivity index (χ3n) is 4.06. The second kappa shape index (κ2) is 5.83. The summed E-state index contributed by atoms with van der Waals surface area (Å²) in [6, 6.07) is 9.68. The van der Waals surface area contributed by atoms with E-state index in [0.29, 0.717) is 28.8 Å². The summed E-state index contributed by atoms with van der Waals surface area (Å²) >= 11 is 0. The number of phenolic OH excluding ortho intramolecular Hbond substituents is 1. The van der Waals surface area contributed by atoms with Crippen molar-refractivity contribution in [3.63, 3.8) is 0 Å². The molecule has 0 spiro atoms. The summed E-state index contributed by atoms with van der Waals surface area (Å²) in [6.07, 6.45) is 0.470. The summed E-state index contributed by atoms with van der Waals surface area (Å²) in [7, 11) is 0. The zero-order valence-electron chi connectivity index (χ0n) is 12.9. The lowest BCUT2D eigenvalue weighted by Gasteiger charge is -2.06. The maximum absolute atomic E-state index is 13.9. The van der Waals surface area contributed by atoms with Crippen LogP contribution >= 0.6 is 0 Å². The summed E-state index contributed by atoms with van der Waals surface area (Å²) in [5, 5.41) is 14.1. The number of carbonyl (C=O) groups is 1. The van der Waals surface area contributed by atoms with Crippen LogP contribution in [-0.2, 0) is 0 Å². The van der Waals surface area contributed by atoms with E-state index >= 15 is 0 Å². The van der Waals surface area contributed by atoms with E-state index in [1.54, 1.807) is 12.1 Å². The van der Waals surface area contributed by atoms with Crippen LogP contribution in [0.25, 0.3) is 0 Å². The van der Waals surface area contributed by atoms with Crippen molar-refractivity contribution in [2.45, 2.75) is 26.2 Å². The third-order valence-corrected chi connectivity index (χ3v) is 4.06. The monoisotopic (exact) mass is 312 g/mol. The second-order valence-electron chi connectivity index (χ2n) is 5.83. The summed E-state index contributed by atoms with van der Waals surface area (Å²) < 4.78 is 13.9. The highest BCUT2D eigenvalue weighted by Gasteiger charge is 2.30. The van der Waals surface area contributed by atoms with Crippen LogP contribution < -0.4 is 5.43 Å². The Morgan fingerprint density at radius 1 is 1.26 bits per heavy atom. The molecule has 1 aliphatic rings. The van der Waals surface area contributed by atoms with Gasteiger partial charge >= 0.3 is 0 Å². The zero-order chi connectivity index (χ0) is 16.6. The van der Waals surface area contributed by atoms with Gasteiger partial charge in [0.2, 0.25) is 0 Å². The first-order valence-corrected chi connectivity index (χ1v) is 7.42. The van der Waals surface area contributed by atoms with Crippen molar-refractivity contribution in [2.24, 2.45) is 5.10 Å². The predicted octanol–water partition coefficient (Wildman–Crippen LogP) is 3.48. The number of phenols is 1. The fourth-order valence-corrected chi connectivity index (χ4v) is 2.85. The zero-order valence-corrected chi connectivity index (χ0v) is 12.9. The minimum absolute atomic E-state index is 0.0194. The van der Waals surface area contributed by atoms with E-state index < -0.39 is 0 Å². The fourth-order valence-electron chi connectivity index (χ4n) is 2.85. The Morgan fingerprint density at radius 3 is 2.65 bits per heavy atom. The van der Waals surface area contributed by atoms with Crippen molar-refractivity contribution in [3.05, 3.63) is 64.5 Å². The number of amides is 1. The van der Waals surface area contributed by atoms with E-state index in [9.17, 15) is 14.3 Å². The molecule has 4 nitrogen and oxygen atoms in total. The quantitative estimate of drug-likeness (QED) is 0.834. The van der Waals surface area contributed by atoms with Gasteiger partial charge in [-0.05, 0) is 43.5 Å². The van der Waals surface area contributed by atoms with Crippen molar-refractivity contribution in [3.8, 4) is 5.75 Å². The molecule has 23 heavy (non-hydrogen) atoms. The molecule has 5 heteroatoms. The first kappa shape index (κ1) is 15.2. The molecule has 0 aromatic heterocycles. The Kier molecular flexibility index (Phi) is 3.86. The number of fused-ring (bicyclic) bond motifs is 1. The van der Waals surface area contributed by atoms with E-state index in [1.807, 2.05) is 26.0 Å². The Hall–Kier alpha value is -2.69. The first-order chi connectivity index (χ1) is 11.0. The first-order valence-electron chi connectivity index (χ1n) is 7.42. The molecule has 0 radical (unpaired) electrons. The fraction of sp³-hybridized carbons (Fsp3) is 0.222. The van der Waals surface area contributed by atoms with Crippen LogP contribution in [0.5, 0.6) is 5.75 Å². The average Bonchev–Trinajstić information content (AvgIpc) is 2.87. The lowest BCUT2D eigenvalue weighted by molar-refractivity contribution is 0.0954. The number of benzene rings is 2. The van der Waals surface area contributed by atoms with Crippen molar-refractivity contribution in [1.82, 2.24) is 5.43 Å². The van der Waals surface area contributed by atoms with Gasteiger partial charge in [0.1, 0.15) is 11.6 Å². The van der Waals surface area contributed by atoms with Crippen molar-refractivity contribution < 1.29 is 14.3 Å². The van der Waals surface area contributed by atoms with Gasteiger partial charge in [-0.15, -0.1) is 0 Å². The summed E-state index contributed by atoms with van der Waals surface area (Å²) in [5.41, 5.74) is 5.37. The van der Waals surface area contributed by atoms with Gasteiger partial charge in [-0.1, -0.05) is 24.6 Å². The van der Waals surface area contributed by atoms with E-state index in [-0.39, 0.29) is 23.4 Å². The number of aryl methyl sites for hydroxylation is 1. The largest absolute Gasteiger partial charge is 0.507 e. The van der Waals surface area contributed by atoms with E-state index in [1.165, 1.54) is 12.1 Å². The van der Waals surface area contributed by atoms with E-state index in [2.05, 4.69) is 10.5 Å². The third kappa shape index (κ3) is 2.82. The number of aromatic hydroxyl groups is 1. The van der Waals surface area contributed by atoms with Gasteiger partial charge in [-0.2, -0.15) is 5.10 Å². The Labute approximate surface area is 133 Å².